The highest BCUT2D eigenvalue weighted by Crippen LogP contribution is 2.22. The number of carbonyl (C=O) groups is 3. The minimum Gasteiger partial charge on any atom is -0.445 e. The highest BCUT2D eigenvalue weighted by atomic mass is 35.5. The molecule has 3 amide bonds. The Balaban J connectivity index is 1.74. The standard InChI is InChI=1S/C32H37Cl2N3O5/c1-32(2,3)42-31(40)37-27(19-22-10-6-4-7-11-22)28(36-30(39)41-21-24-12-8-5-9-13-24)20-29(38)35-17-16-23-14-15-25(33)26(34)18-23/h4-15,18,27-28H,16-17,19-21H2,1-3H3,(H,35,38)(H,36,39)(H,37,40)/t27-,28-/m0/s1. The second-order valence-corrected chi connectivity index (χ2v) is 11.6. The molecule has 0 saturated heterocycles. The number of benzene rings is 3. The van der Waals surface area contributed by atoms with E-state index in [2.05, 4.69) is 16.0 Å². The molecule has 0 saturated carbocycles. The van der Waals surface area contributed by atoms with Crippen LogP contribution in [0.15, 0.2) is 78.9 Å². The second-order valence-electron chi connectivity index (χ2n) is 10.8. The third-order valence-electron chi connectivity index (χ3n) is 6.13. The van der Waals surface area contributed by atoms with Crippen molar-refractivity contribution in [3.63, 3.8) is 0 Å². The Morgan fingerprint density at radius 2 is 1.38 bits per heavy atom. The fourth-order valence-corrected chi connectivity index (χ4v) is 4.46. The molecule has 0 radical (unpaired) electrons. The Hall–Kier alpha value is -3.75. The van der Waals surface area contributed by atoms with Gasteiger partial charge >= 0.3 is 12.2 Å². The van der Waals surface area contributed by atoms with Gasteiger partial charge in [-0.3, -0.25) is 4.79 Å². The zero-order valence-electron chi connectivity index (χ0n) is 24.0. The zero-order valence-corrected chi connectivity index (χ0v) is 25.5. The van der Waals surface area contributed by atoms with Crippen LogP contribution in [0.25, 0.3) is 0 Å². The molecule has 3 rings (SSSR count). The number of halogens is 2. The normalized spacial score (nSPS) is 12.5. The number of alkyl carbamates (subject to hydrolysis) is 2. The molecule has 42 heavy (non-hydrogen) atoms. The van der Waals surface area contributed by atoms with Gasteiger partial charge in [0.05, 0.1) is 22.1 Å². The summed E-state index contributed by atoms with van der Waals surface area (Å²) < 4.78 is 10.9. The monoisotopic (exact) mass is 613 g/mol. The molecule has 2 atom stereocenters. The largest absolute Gasteiger partial charge is 0.445 e. The van der Waals surface area contributed by atoms with Crippen molar-refractivity contribution in [3.8, 4) is 0 Å². The SMILES string of the molecule is CC(C)(C)OC(=O)N[C@@H](Cc1ccccc1)[C@H](CC(=O)NCCc1ccc(Cl)c(Cl)c1)NC(=O)OCc1ccccc1. The van der Waals surface area contributed by atoms with Crippen LogP contribution in [0.2, 0.25) is 10.0 Å². The van der Waals surface area contributed by atoms with Crippen molar-refractivity contribution in [2.75, 3.05) is 6.54 Å². The van der Waals surface area contributed by atoms with E-state index in [9.17, 15) is 14.4 Å². The maximum atomic E-state index is 13.1. The van der Waals surface area contributed by atoms with E-state index in [-0.39, 0.29) is 18.9 Å². The summed E-state index contributed by atoms with van der Waals surface area (Å²) in [6, 6.07) is 22.5. The lowest BCUT2D eigenvalue weighted by Gasteiger charge is -2.30. The predicted molar refractivity (Wildman–Crippen MR) is 165 cm³/mol. The molecule has 0 heterocycles. The first kappa shape index (κ1) is 32.8. The van der Waals surface area contributed by atoms with E-state index in [0.29, 0.717) is 29.4 Å². The Morgan fingerprint density at radius 1 is 0.762 bits per heavy atom. The Bertz CT molecular complexity index is 1320. The van der Waals surface area contributed by atoms with Gasteiger partial charge in [-0.2, -0.15) is 0 Å². The van der Waals surface area contributed by atoms with Crippen LogP contribution in [-0.2, 0) is 33.7 Å². The summed E-state index contributed by atoms with van der Waals surface area (Å²) in [5.41, 5.74) is 1.90. The van der Waals surface area contributed by atoms with Crippen molar-refractivity contribution in [2.24, 2.45) is 0 Å². The summed E-state index contributed by atoms with van der Waals surface area (Å²) >= 11 is 12.1. The molecule has 0 aliphatic heterocycles. The number of hydrogen-bond donors (Lipinski definition) is 3. The lowest BCUT2D eigenvalue weighted by Crippen LogP contribution is -2.55. The van der Waals surface area contributed by atoms with Crippen molar-refractivity contribution in [2.45, 2.75) is 64.3 Å². The van der Waals surface area contributed by atoms with Gasteiger partial charge in [0.1, 0.15) is 12.2 Å². The van der Waals surface area contributed by atoms with Crippen LogP contribution in [0.5, 0.6) is 0 Å². The van der Waals surface area contributed by atoms with Crippen molar-refractivity contribution in [1.29, 1.82) is 0 Å². The summed E-state index contributed by atoms with van der Waals surface area (Å²) in [6.45, 7) is 5.67. The van der Waals surface area contributed by atoms with Gasteiger partial charge in [0.2, 0.25) is 5.91 Å². The minimum absolute atomic E-state index is 0.0537. The van der Waals surface area contributed by atoms with E-state index in [1.165, 1.54) is 0 Å². The maximum Gasteiger partial charge on any atom is 0.407 e. The van der Waals surface area contributed by atoms with Crippen LogP contribution in [0, 0.1) is 0 Å². The summed E-state index contributed by atoms with van der Waals surface area (Å²) in [6.07, 6.45) is -0.622. The van der Waals surface area contributed by atoms with Crippen molar-refractivity contribution < 1.29 is 23.9 Å². The summed E-state index contributed by atoms with van der Waals surface area (Å²) in [4.78, 5) is 38.8. The van der Waals surface area contributed by atoms with Gasteiger partial charge in [-0.25, -0.2) is 9.59 Å². The Kier molecular flexibility index (Phi) is 12.5. The van der Waals surface area contributed by atoms with E-state index >= 15 is 0 Å². The summed E-state index contributed by atoms with van der Waals surface area (Å²) in [5.74, 6) is -0.313. The molecule has 3 N–H and O–H groups in total. The fraction of sp³-hybridized carbons (Fsp3) is 0.344. The van der Waals surface area contributed by atoms with Crippen molar-refractivity contribution >= 4 is 41.3 Å². The molecule has 0 aliphatic rings. The lowest BCUT2D eigenvalue weighted by atomic mass is 9.96. The first-order valence-electron chi connectivity index (χ1n) is 13.7. The molecule has 0 aromatic heterocycles. The fourth-order valence-electron chi connectivity index (χ4n) is 4.14. The average molecular weight is 615 g/mol. The van der Waals surface area contributed by atoms with Crippen LogP contribution in [-0.4, -0.2) is 42.3 Å². The Labute approximate surface area is 257 Å². The third-order valence-corrected chi connectivity index (χ3v) is 6.87. The summed E-state index contributed by atoms with van der Waals surface area (Å²) in [7, 11) is 0. The van der Waals surface area contributed by atoms with Gasteiger partial charge < -0.3 is 25.4 Å². The molecule has 224 valence electrons. The molecule has 0 aliphatic carbocycles. The molecule has 0 unspecified atom stereocenters. The number of rotatable bonds is 12. The van der Waals surface area contributed by atoms with Gasteiger partial charge in [-0.05, 0) is 62.4 Å². The maximum absolute atomic E-state index is 13.1. The molecule has 0 fully saturated rings. The highest BCUT2D eigenvalue weighted by Gasteiger charge is 2.30. The van der Waals surface area contributed by atoms with E-state index in [4.69, 9.17) is 32.7 Å². The first-order chi connectivity index (χ1) is 20.0. The third kappa shape index (κ3) is 12.0. The van der Waals surface area contributed by atoms with Crippen LogP contribution >= 0.6 is 23.2 Å². The number of hydrogen-bond acceptors (Lipinski definition) is 5. The van der Waals surface area contributed by atoms with Gasteiger partial charge in [0, 0.05) is 13.0 Å². The number of amides is 3. The number of nitrogens with one attached hydrogen (secondary N) is 3. The molecule has 0 bridgehead atoms. The van der Waals surface area contributed by atoms with E-state index in [1.54, 1.807) is 32.9 Å². The van der Waals surface area contributed by atoms with Crippen LogP contribution in [0.4, 0.5) is 9.59 Å². The van der Waals surface area contributed by atoms with Gasteiger partial charge in [-0.15, -0.1) is 0 Å². The van der Waals surface area contributed by atoms with E-state index in [0.717, 1.165) is 16.7 Å². The van der Waals surface area contributed by atoms with E-state index < -0.39 is 29.9 Å². The average Bonchev–Trinajstić information content (AvgIpc) is 2.93. The van der Waals surface area contributed by atoms with Gasteiger partial charge in [-0.1, -0.05) is 89.9 Å². The zero-order chi connectivity index (χ0) is 30.5. The first-order valence-corrected chi connectivity index (χ1v) is 14.5. The van der Waals surface area contributed by atoms with E-state index in [1.807, 2.05) is 66.7 Å². The van der Waals surface area contributed by atoms with Crippen LogP contribution < -0.4 is 16.0 Å². The van der Waals surface area contributed by atoms with Crippen LogP contribution in [0.1, 0.15) is 43.9 Å². The lowest BCUT2D eigenvalue weighted by molar-refractivity contribution is -0.121. The van der Waals surface area contributed by atoms with Gasteiger partial charge in [0.15, 0.2) is 0 Å². The quantitative estimate of drug-likeness (QED) is 0.217. The topological polar surface area (TPSA) is 106 Å². The molecule has 8 nitrogen and oxygen atoms in total. The second kappa shape index (κ2) is 16.0. The van der Waals surface area contributed by atoms with Crippen LogP contribution in [0.3, 0.4) is 0 Å². The van der Waals surface area contributed by atoms with Crippen molar-refractivity contribution in [1.82, 2.24) is 16.0 Å². The number of carbonyl (C=O) groups excluding carboxylic acids is 3. The predicted octanol–water partition coefficient (Wildman–Crippen LogP) is 6.47. The molecule has 0 spiro atoms. The highest BCUT2D eigenvalue weighted by molar-refractivity contribution is 6.42. The molecule has 3 aromatic rings. The van der Waals surface area contributed by atoms with Crippen molar-refractivity contribution in [3.05, 3.63) is 106 Å². The molecular formula is C32H37Cl2N3O5. The summed E-state index contributed by atoms with van der Waals surface area (Å²) in [5, 5.41) is 9.45. The van der Waals surface area contributed by atoms with Gasteiger partial charge in [0.25, 0.3) is 0 Å². The molecular weight excluding hydrogens is 577 g/mol. The smallest absolute Gasteiger partial charge is 0.407 e. The Morgan fingerprint density at radius 3 is 2.00 bits per heavy atom. The minimum atomic E-state index is -0.814. The molecule has 10 heteroatoms. The molecule has 3 aromatic carbocycles. The number of ether oxygens (including phenoxy) is 2.